The molecular formula is C22H25N3O3S. The SMILES string of the molecule is COCCCN1C(=O)C(Nc2ccc(N3CCCC3)cc2)=C(c2cccs2)C1=O. The maximum atomic E-state index is 13.0. The molecule has 1 fully saturated rings. The Morgan fingerprint density at radius 1 is 1.07 bits per heavy atom. The van der Waals surface area contributed by atoms with E-state index in [1.807, 2.05) is 29.6 Å². The van der Waals surface area contributed by atoms with Crippen LogP contribution >= 0.6 is 11.3 Å². The van der Waals surface area contributed by atoms with Gasteiger partial charge in [-0.1, -0.05) is 6.07 Å². The molecule has 0 saturated carbocycles. The molecule has 0 aliphatic carbocycles. The van der Waals surface area contributed by atoms with Crippen LogP contribution in [0.2, 0.25) is 0 Å². The number of carbonyl (C=O) groups is 2. The maximum Gasteiger partial charge on any atom is 0.278 e. The second kappa shape index (κ2) is 8.80. The molecule has 1 N–H and O–H groups in total. The third-order valence-corrected chi connectivity index (χ3v) is 6.16. The predicted octanol–water partition coefficient (Wildman–Crippen LogP) is 3.58. The van der Waals surface area contributed by atoms with Gasteiger partial charge in [0, 0.05) is 49.6 Å². The maximum absolute atomic E-state index is 13.0. The minimum atomic E-state index is -0.280. The van der Waals surface area contributed by atoms with Crippen molar-refractivity contribution in [2.75, 3.05) is 43.6 Å². The Morgan fingerprint density at radius 3 is 2.48 bits per heavy atom. The lowest BCUT2D eigenvalue weighted by Gasteiger charge is -2.18. The number of benzene rings is 1. The van der Waals surface area contributed by atoms with Crippen molar-refractivity contribution in [3.63, 3.8) is 0 Å². The second-order valence-electron chi connectivity index (χ2n) is 7.20. The van der Waals surface area contributed by atoms with Gasteiger partial charge in [0.1, 0.15) is 5.70 Å². The number of nitrogens with zero attached hydrogens (tertiary/aromatic N) is 2. The molecule has 0 bridgehead atoms. The highest BCUT2D eigenvalue weighted by atomic mass is 32.1. The van der Waals surface area contributed by atoms with Gasteiger partial charge in [-0.15, -0.1) is 11.3 Å². The van der Waals surface area contributed by atoms with Crippen LogP contribution < -0.4 is 10.2 Å². The van der Waals surface area contributed by atoms with Crippen LogP contribution in [0.5, 0.6) is 0 Å². The lowest BCUT2D eigenvalue weighted by molar-refractivity contribution is -0.136. The number of rotatable bonds is 8. The van der Waals surface area contributed by atoms with E-state index in [1.165, 1.54) is 34.8 Å². The molecule has 29 heavy (non-hydrogen) atoms. The molecule has 6 nitrogen and oxygen atoms in total. The van der Waals surface area contributed by atoms with Crippen LogP contribution in [-0.4, -0.2) is 50.1 Å². The van der Waals surface area contributed by atoms with E-state index in [0.29, 0.717) is 30.8 Å². The molecule has 4 rings (SSSR count). The van der Waals surface area contributed by atoms with Gasteiger partial charge in [0.15, 0.2) is 0 Å². The molecule has 0 atom stereocenters. The van der Waals surface area contributed by atoms with Gasteiger partial charge in [-0.05, 0) is 55.0 Å². The Morgan fingerprint density at radius 2 is 1.83 bits per heavy atom. The van der Waals surface area contributed by atoms with Crippen LogP contribution in [0.1, 0.15) is 24.1 Å². The average Bonchev–Trinajstić information content (AvgIpc) is 3.48. The summed E-state index contributed by atoms with van der Waals surface area (Å²) in [6, 6.07) is 11.8. The van der Waals surface area contributed by atoms with E-state index in [1.54, 1.807) is 7.11 Å². The molecule has 1 aromatic carbocycles. The van der Waals surface area contributed by atoms with Gasteiger partial charge < -0.3 is 15.0 Å². The first kappa shape index (κ1) is 19.7. The van der Waals surface area contributed by atoms with Gasteiger partial charge in [-0.2, -0.15) is 0 Å². The minimum absolute atomic E-state index is 0.246. The van der Waals surface area contributed by atoms with Crippen molar-refractivity contribution in [1.82, 2.24) is 4.90 Å². The summed E-state index contributed by atoms with van der Waals surface area (Å²) in [6.45, 7) is 3.03. The number of carbonyl (C=O) groups excluding carboxylic acids is 2. The summed E-state index contributed by atoms with van der Waals surface area (Å²) in [4.78, 5) is 30.5. The van der Waals surface area contributed by atoms with Crippen molar-refractivity contribution in [1.29, 1.82) is 0 Å². The van der Waals surface area contributed by atoms with Crippen LogP contribution in [0.15, 0.2) is 47.5 Å². The molecule has 2 aliphatic heterocycles. The van der Waals surface area contributed by atoms with Crippen LogP contribution in [-0.2, 0) is 14.3 Å². The molecule has 3 heterocycles. The van der Waals surface area contributed by atoms with E-state index in [4.69, 9.17) is 4.74 Å². The average molecular weight is 412 g/mol. The number of anilines is 2. The highest BCUT2D eigenvalue weighted by Gasteiger charge is 2.39. The zero-order valence-electron chi connectivity index (χ0n) is 16.5. The molecular weight excluding hydrogens is 386 g/mol. The molecule has 2 amide bonds. The van der Waals surface area contributed by atoms with Crippen molar-refractivity contribution in [3.05, 3.63) is 52.4 Å². The fourth-order valence-electron chi connectivity index (χ4n) is 3.79. The van der Waals surface area contributed by atoms with Gasteiger partial charge in [0.2, 0.25) is 0 Å². The molecule has 7 heteroatoms. The Bertz CT molecular complexity index is 900. The predicted molar refractivity (Wildman–Crippen MR) is 116 cm³/mol. The van der Waals surface area contributed by atoms with Gasteiger partial charge in [-0.25, -0.2) is 0 Å². The number of nitrogens with one attached hydrogen (secondary N) is 1. The van der Waals surface area contributed by atoms with Gasteiger partial charge in [0.05, 0.1) is 5.57 Å². The molecule has 0 spiro atoms. The Balaban J connectivity index is 1.58. The summed E-state index contributed by atoms with van der Waals surface area (Å²) >= 11 is 1.46. The number of imide groups is 1. The van der Waals surface area contributed by atoms with Crippen molar-refractivity contribution in [2.24, 2.45) is 0 Å². The second-order valence-corrected chi connectivity index (χ2v) is 8.15. The molecule has 1 aromatic heterocycles. The zero-order valence-corrected chi connectivity index (χ0v) is 17.3. The van der Waals surface area contributed by atoms with E-state index >= 15 is 0 Å². The molecule has 2 aromatic rings. The van der Waals surface area contributed by atoms with E-state index in [9.17, 15) is 9.59 Å². The zero-order chi connectivity index (χ0) is 20.2. The Kier molecular flexibility index (Phi) is 5.97. The normalized spacial score (nSPS) is 17.0. The fraction of sp³-hybridized carbons (Fsp3) is 0.364. The summed E-state index contributed by atoms with van der Waals surface area (Å²) in [5.41, 5.74) is 2.79. The Labute approximate surface area is 174 Å². The van der Waals surface area contributed by atoms with E-state index in [2.05, 4.69) is 22.3 Å². The van der Waals surface area contributed by atoms with Crippen molar-refractivity contribution >= 4 is 40.1 Å². The summed E-state index contributed by atoms with van der Waals surface area (Å²) in [5, 5.41) is 5.13. The highest BCUT2D eigenvalue weighted by Crippen LogP contribution is 2.33. The van der Waals surface area contributed by atoms with Crippen molar-refractivity contribution in [3.8, 4) is 0 Å². The van der Waals surface area contributed by atoms with Gasteiger partial charge in [0.25, 0.3) is 11.8 Å². The van der Waals surface area contributed by atoms with Gasteiger partial charge >= 0.3 is 0 Å². The van der Waals surface area contributed by atoms with E-state index in [-0.39, 0.29) is 11.8 Å². The third kappa shape index (κ3) is 4.06. The third-order valence-electron chi connectivity index (χ3n) is 5.27. The number of hydrogen-bond acceptors (Lipinski definition) is 6. The summed E-state index contributed by atoms with van der Waals surface area (Å²) in [6.07, 6.45) is 3.07. The molecule has 0 unspecified atom stereocenters. The first-order valence-electron chi connectivity index (χ1n) is 9.94. The summed E-state index contributed by atoms with van der Waals surface area (Å²) in [7, 11) is 1.61. The fourth-order valence-corrected chi connectivity index (χ4v) is 4.55. The van der Waals surface area contributed by atoms with Crippen molar-refractivity contribution < 1.29 is 14.3 Å². The minimum Gasteiger partial charge on any atom is -0.385 e. The number of thiophene rings is 1. The Hall–Kier alpha value is -2.64. The monoisotopic (exact) mass is 411 g/mol. The summed E-state index contributed by atoms with van der Waals surface area (Å²) in [5.74, 6) is -0.525. The van der Waals surface area contributed by atoms with Crippen LogP contribution in [0.4, 0.5) is 11.4 Å². The van der Waals surface area contributed by atoms with Crippen LogP contribution in [0.3, 0.4) is 0 Å². The quantitative estimate of drug-likeness (QED) is 0.531. The topological polar surface area (TPSA) is 61.9 Å². The first-order valence-corrected chi connectivity index (χ1v) is 10.8. The number of methoxy groups -OCH3 is 1. The molecule has 2 aliphatic rings. The van der Waals surface area contributed by atoms with Crippen LogP contribution in [0.25, 0.3) is 5.57 Å². The van der Waals surface area contributed by atoms with Crippen LogP contribution in [0, 0.1) is 0 Å². The molecule has 152 valence electrons. The lowest BCUT2D eigenvalue weighted by Crippen LogP contribution is -2.33. The smallest absolute Gasteiger partial charge is 0.278 e. The summed E-state index contributed by atoms with van der Waals surface area (Å²) < 4.78 is 5.07. The highest BCUT2D eigenvalue weighted by molar-refractivity contribution is 7.11. The number of hydrogen-bond donors (Lipinski definition) is 1. The first-order chi connectivity index (χ1) is 14.2. The van der Waals surface area contributed by atoms with Crippen molar-refractivity contribution in [2.45, 2.75) is 19.3 Å². The molecule has 0 radical (unpaired) electrons. The lowest BCUT2D eigenvalue weighted by atomic mass is 10.1. The van der Waals surface area contributed by atoms with Gasteiger partial charge in [-0.3, -0.25) is 14.5 Å². The molecule has 1 saturated heterocycles. The number of ether oxygens (including phenoxy) is 1. The largest absolute Gasteiger partial charge is 0.385 e. The standard InChI is InChI=1S/C22H25N3O3S/c1-28-14-5-13-25-21(26)19(18-6-4-15-29-18)20(22(25)27)23-16-7-9-17(10-8-16)24-11-2-3-12-24/h4,6-10,15,23H,2-3,5,11-14H2,1H3. The van der Waals surface area contributed by atoms with E-state index < -0.39 is 0 Å². The van der Waals surface area contributed by atoms with E-state index in [0.717, 1.165) is 23.7 Å². The number of amides is 2.